The minimum absolute atomic E-state index is 0.0130. The summed E-state index contributed by atoms with van der Waals surface area (Å²) in [7, 11) is 0. The highest BCUT2D eigenvalue weighted by Crippen LogP contribution is 2.23. The number of carboxylic acid groups (broad SMARTS) is 1. The quantitative estimate of drug-likeness (QED) is 0.0886. The third kappa shape index (κ3) is 9.11. The predicted octanol–water partition coefficient (Wildman–Crippen LogP) is 1.60. The molecule has 0 radical (unpaired) electrons. The van der Waals surface area contributed by atoms with Gasteiger partial charge in [0.05, 0.1) is 12.5 Å². The molecule has 234 valence electrons. The van der Waals surface area contributed by atoms with Gasteiger partial charge in [0, 0.05) is 41.8 Å². The Hall–Kier alpha value is -5.28. The van der Waals surface area contributed by atoms with E-state index in [4.69, 9.17) is 21.0 Å². The second kappa shape index (κ2) is 14.3. The van der Waals surface area contributed by atoms with Crippen LogP contribution in [0.4, 0.5) is 13.2 Å². The Balaban J connectivity index is 1.81. The van der Waals surface area contributed by atoms with E-state index in [1.54, 1.807) is 4.90 Å². The molecular formula is C28H27F3N4O9. The number of hydrogen-bond acceptors (Lipinski definition) is 9. The van der Waals surface area contributed by atoms with E-state index in [-0.39, 0.29) is 28.3 Å². The van der Waals surface area contributed by atoms with Crippen LogP contribution < -0.4 is 15.8 Å². The number of likely N-dealkylation sites (tertiary alicyclic amines) is 1. The zero-order chi connectivity index (χ0) is 32.6. The van der Waals surface area contributed by atoms with Crippen molar-refractivity contribution < 1.29 is 56.5 Å². The molecule has 0 aliphatic carbocycles. The van der Waals surface area contributed by atoms with Crippen molar-refractivity contribution in [1.29, 1.82) is 5.41 Å². The molecule has 1 heterocycles. The summed E-state index contributed by atoms with van der Waals surface area (Å²) in [6, 6.07) is 7.83. The first-order valence-corrected chi connectivity index (χ1v) is 13.0. The monoisotopic (exact) mass is 620 g/mol. The summed E-state index contributed by atoms with van der Waals surface area (Å²) in [5, 5.41) is 19.0. The first-order valence-electron chi connectivity index (χ1n) is 13.0. The molecule has 1 aliphatic heterocycles. The molecule has 1 atom stereocenters. The average Bonchev–Trinajstić information content (AvgIpc) is 3.50. The number of aliphatic carboxylic acids is 1. The highest BCUT2D eigenvalue weighted by Gasteiger charge is 2.42. The van der Waals surface area contributed by atoms with E-state index in [1.165, 1.54) is 42.5 Å². The summed E-state index contributed by atoms with van der Waals surface area (Å²) in [5.74, 6) is -9.00. The van der Waals surface area contributed by atoms with Crippen LogP contribution in [0.5, 0.6) is 5.75 Å². The Kier molecular flexibility index (Phi) is 10.8. The van der Waals surface area contributed by atoms with Gasteiger partial charge in [-0.3, -0.25) is 24.6 Å². The number of benzene rings is 2. The number of nitrogen functional groups attached to an aromatic ring is 1. The van der Waals surface area contributed by atoms with Crippen molar-refractivity contribution in [2.45, 2.75) is 37.9 Å². The van der Waals surface area contributed by atoms with Gasteiger partial charge in [0.2, 0.25) is 5.78 Å². The van der Waals surface area contributed by atoms with Gasteiger partial charge in [0.25, 0.3) is 11.8 Å². The van der Waals surface area contributed by atoms with Gasteiger partial charge >= 0.3 is 24.1 Å². The molecule has 44 heavy (non-hydrogen) atoms. The van der Waals surface area contributed by atoms with Crippen LogP contribution >= 0.6 is 0 Å². The molecule has 1 saturated heterocycles. The van der Waals surface area contributed by atoms with Gasteiger partial charge in [-0.25, -0.2) is 9.59 Å². The van der Waals surface area contributed by atoms with Gasteiger partial charge in [-0.2, -0.15) is 13.2 Å². The second-order valence-electron chi connectivity index (χ2n) is 9.66. The molecule has 5 N–H and O–H groups in total. The predicted molar refractivity (Wildman–Crippen MR) is 144 cm³/mol. The number of halogens is 3. The number of amidine groups is 1. The normalized spacial score (nSPS) is 13.5. The van der Waals surface area contributed by atoms with Gasteiger partial charge in [-0.1, -0.05) is 12.1 Å². The van der Waals surface area contributed by atoms with E-state index < -0.39 is 67.1 Å². The number of rotatable bonds is 12. The topological polar surface area (TPSA) is 206 Å². The van der Waals surface area contributed by atoms with Crippen LogP contribution in [-0.2, 0) is 30.3 Å². The minimum Gasteiger partial charge on any atom is -0.491 e. The van der Waals surface area contributed by atoms with Crippen LogP contribution in [0.1, 0.15) is 51.1 Å². The third-order valence-electron chi connectivity index (χ3n) is 6.38. The number of esters is 2. The number of hydrogen-bond donors (Lipinski definition) is 4. The third-order valence-corrected chi connectivity index (χ3v) is 6.38. The van der Waals surface area contributed by atoms with E-state index in [2.05, 4.69) is 10.1 Å². The lowest BCUT2D eigenvalue weighted by molar-refractivity contribution is -0.202. The van der Waals surface area contributed by atoms with Crippen LogP contribution in [0.15, 0.2) is 42.5 Å². The highest BCUT2D eigenvalue weighted by molar-refractivity contribution is 6.33. The van der Waals surface area contributed by atoms with Crippen molar-refractivity contribution in [3.05, 3.63) is 64.7 Å². The first kappa shape index (κ1) is 33.2. The molecule has 0 unspecified atom stereocenters. The van der Waals surface area contributed by atoms with Crippen LogP contribution in [0.2, 0.25) is 0 Å². The molecule has 0 bridgehead atoms. The van der Waals surface area contributed by atoms with Crippen LogP contribution in [-0.4, -0.2) is 83.3 Å². The van der Waals surface area contributed by atoms with Crippen molar-refractivity contribution in [2.24, 2.45) is 5.73 Å². The molecule has 2 aromatic carbocycles. The number of amides is 2. The number of carbonyl (C=O) groups is 6. The van der Waals surface area contributed by atoms with Crippen LogP contribution in [0.25, 0.3) is 0 Å². The number of ether oxygens (including phenoxy) is 2. The number of Topliss-reactive ketones (excluding diaryl/α,β-unsaturated/α-hetero) is 1. The Morgan fingerprint density at radius 2 is 1.57 bits per heavy atom. The molecule has 3 rings (SSSR count). The lowest BCUT2D eigenvalue weighted by atomic mass is 10.0. The molecule has 1 fully saturated rings. The average molecular weight is 621 g/mol. The lowest BCUT2D eigenvalue weighted by Crippen LogP contribution is -2.42. The van der Waals surface area contributed by atoms with Gasteiger partial charge in [-0.05, 0) is 43.2 Å². The molecule has 13 nitrogen and oxygen atoms in total. The Morgan fingerprint density at radius 3 is 2.14 bits per heavy atom. The maximum Gasteiger partial charge on any atom is 0.491 e. The largest absolute Gasteiger partial charge is 0.491 e. The van der Waals surface area contributed by atoms with Gasteiger partial charge in [-0.15, -0.1) is 0 Å². The zero-order valence-corrected chi connectivity index (χ0v) is 22.9. The first-order chi connectivity index (χ1) is 20.6. The zero-order valence-electron chi connectivity index (χ0n) is 22.9. The van der Waals surface area contributed by atoms with Crippen molar-refractivity contribution in [3.8, 4) is 5.75 Å². The maximum atomic E-state index is 13.0. The standard InChI is InChI=1S/C28H27F3N4O9/c29-28(30,31)27(42)44-22(37)13-19(14-43-21-12-18(23(32)33)8-7-17(21)11-20(36)26(40)41)34-24(38)15-3-5-16(6-4-15)25(39)35-9-1-2-10-35/h3-8,12,19H,1-2,9-11,13-14H2,(H3,32,33)(H,34,38)(H,40,41)/t19-/m1/s1. The number of nitrogens with one attached hydrogen (secondary N) is 2. The summed E-state index contributed by atoms with van der Waals surface area (Å²) in [6.07, 6.45) is -5.33. The smallest absolute Gasteiger partial charge is 0.491 e. The molecule has 1 aliphatic rings. The van der Waals surface area contributed by atoms with Crippen molar-refractivity contribution >= 4 is 41.3 Å². The minimum atomic E-state index is -5.46. The van der Waals surface area contributed by atoms with E-state index in [0.29, 0.717) is 18.7 Å². The van der Waals surface area contributed by atoms with Crippen molar-refractivity contribution in [2.75, 3.05) is 19.7 Å². The van der Waals surface area contributed by atoms with E-state index >= 15 is 0 Å². The number of alkyl halides is 3. The summed E-state index contributed by atoms with van der Waals surface area (Å²) >= 11 is 0. The summed E-state index contributed by atoms with van der Waals surface area (Å²) < 4.78 is 47.2. The molecule has 16 heteroatoms. The van der Waals surface area contributed by atoms with E-state index in [0.717, 1.165) is 12.8 Å². The fraction of sp³-hybridized carbons (Fsp3) is 0.321. The van der Waals surface area contributed by atoms with Crippen molar-refractivity contribution in [3.63, 3.8) is 0 Å². The van der Waals surface area contributed by atoms with Crippen LogP contribution in [0, 0.1) is 5.41 Å². The Bertz CT molecular complexity index is 1470. The Morgan fingerprint density at radius 1 is 0.977 bits per heavy atom. The number of carboxylic acids is 1. The molecule has 0 aromatic heterocycles. The van der Waals surface area contributed by atoms with Gasteiger partial charge < -0.3 is 30.5 Å². The highest BCUT2D eigenvalue weighted by atomic mass is 19.4. The number of carbonyl (C=O) groups excluding carboxylic acids is 5. The summed E-state index contributed by atoms with van der Waals surface area (Å²) in [4.78, 5) is 73.4. The number of ketones is 1. The van der Waals surface area contributed by atoms with Crippen molar-refractivity contribution in [1.82, 2.24) is 10.2 Å². The van der Waals surface area contributed by atoms with Crippen LogP contribution in [0.3, 0.4) is 0 Å². The summed E-state index contributed by atoms with van der Waals surface area (Å²) in [5.41, 5.74) is 5.95. The lowest BCUT2D eigenvalue weighted by Gasteiger charge is -2.20. The summed E-state index contributed by atoms with van der Waals surface area (Å²) in [6.45, 7) is 0.566. The Labute approximate surface area is 247 Å². The number of nitrogens with zero attached hydrogens (tertiary/aromatic N) is 1. The SMILES string of the molecule is N=C(N)c1ccc(CC(=O)C(=O)O)c(OC[C@@H](CC(=O)OC(=O)C(F)(F)F)NC(=O)c2ccc(C(=O)N3CCCC3)cc2)c1. The molecule has 2 amide bonds. The second-order valence-corrected chi connectivity index (χ2v) is 9.66. The molecular weight excluding hydrogens is 593 g/mol. The molecule has 0 saturated carbocycles. The van der Waals surface area contributed by atoms with Gasteiger partial charge in [0.1, 0.15) is 18.2 Å². The van der Waals surface area contributed by atoms with Gasteiger partial charge in [0.15, 0.2) is 0 Å². The fourth-order valence-corrected chi connectivity index (χ4v) is 4.13. The van der Waals surface area contributed by atoms with E-state index in [9.17, 15) is 41.9 Å². The fourth-order valence-electron chi connectivity index (χ4n) is 4.13. The molecule has 2 aromatic rings. The molecule has 0 spiro atoms. The number of nitrogens with two attached hydrogens (primary N) is 1. The van der Waals surface area contributed by atoms with E-state index in [1.807, 2.05) is 0 Å². The maximum absolute atomic E-state index is 13.0.